The molecule has 0 aliphatic carbocycles. The van der Waals surface area contributed by atoms with E-state index in [9.17, 15) is 0 Å². The van der Waals surface area contributed by atoms with E-state index in [-0.39, 0.29) is 0 Å². The SMILES string of the molecule is COc1ccc(C2C(CNc3nccnc3C#N)CCCN2C)cc1. The van der Waals surface area contributed by atoms with E-state index in [1.165, 1.54) is 18.2 Å². The fraction of sp³-hybridized carbons (Fsp3) is 0.421. The molecule has 25 heavy (non-hydrogen) atoms. The molecule has 0 bridgehead atoms. The van der Waals surface area contributed by atoms with Gasteiger partial charge in [-0.25, -0.2) is 9.97 Å². The van der Waals surface area contributed by atoms with Crippen LogP contribution in [0.1, 0.15) is 30.1 Å². The molecule has 2 heterocycles. The van der Waals surface area contributed by atoms with Gasteiger partial charge in [-0.05, 0) is 50.0 Å². The molecule has 2 aromatic rings. The molecule has 1 aliphatic rings. The van der Waals surface area contributed by atoms with Crippen molar-refractivity contribution in [1.29, 1.82) is 5.26 Å². The van der Waals surface area contributed by atoms with Crippen LogP contribution in [0.3, 0.4) is 0 Å². The molecule has 6 heteroatoms. The highest BCUT2D eigenvalue weighted by molar-refractivity contribution is 5.46. The molecule has 2 atom stereocenters. The van der Waals surface area contributed by atoms with Crippen LogP contribution in [-0.2, 0) is 0 Å². The first-order valence-electron chi connectivity index (χ1n) is 8.52. The molecular formula is C19H23N5O. The lowest BCUT2D eigenvalue weighted by Crippen LogP contribution is -2.39. The van der Waals surface area contributed by atoms with Crippen molar-refractivity contribution in [2.75, 3.05) is 32.6 Å². The Kier molecular flexibility index (Phi) is 5.46. The molecule has 0 saturated carbocycles. The summed E-state index contributed by atoms with van der Waals surface area (Å²) in [6.07, 6.45) is 5.45. The second kappa shape index (κ2) is 7.95. The summed E-state index contributed by atoms with van der Waals surface area (Å²) in [5, 5.41) is 12.5. The third kappa shape index (κ3) is 3.89. The maximum absolute atomic E-state index is 9.16. The largest absolute Gasteiger partial charge is 0.497 e. The fourth-order valence-electron chi connectivity index (χ4n) is 3.58. The number of rotatable bonds is 5. The monoisotopic (exact) mass is 337 g/mol. The van der Waals surface area contributed by atoms with Crippen LogP contribution in [0.2, 0.25) is 0 Å². The number of likely N-dealkylation sites (tertiary alicyclic amines) is 1. The number of aromatic nitrogens is 2. The molecule has 1 aromatic carbocycles. The van der Waals surface area contributed by atoms with Gasteiger partial charge in [0.25, 0.3) is 0 Å². The van der Waals surface area contributed by atoms with Crippen molar-refractivity contribution in [2.45, 2.75) is 18.9 Å². The van der Waals surface area contributed by atoms with Gasteiger partial charge in [-0.2, -0.15) is 5.26 Å². The molecule has 0 radical (unpaired) electrons. The summed E-state index contributed by atoms with van der Waals surface area (Å²) < 4.78 is 5.27. The molecule has 1 N–H and O–H groups in total. The van der Waals surface area contributed by atoms with E-state index in [0.717, 1.165) is 25.3 Å². The zero-order valence-corrected chi connectivity index (χ0v) is 14.6. The van der Waals surface area contributed by atoms with E-state index >= 15 is 0 Å². The Balaban J connectivity index is 1.76. The summed E-state index contributed by atoms with van der Waals surface area (Å²) in [5.41, 5.74) is 1.63. The molecule has 0 spiro atoms. The summed E-state index contributed by atoms with van der Waals surface area (Å²) in [4.78, 5) is 10.7. The highest BCUT2D eigenvalue weighted by Crippen LogP contribution is 2.35. The number of benzene rings is 1. The van der Waals surface area contributed by atoms with Gasteiger partial charge in [-0.3, -0.25) is 4.90 Å². The Morgan fingerprint density at radius 1 is 1.28 bits per heavy atom. The van der Waals surface area contributed by atoms with E-state index in [4.69, 9.17) is 10.00 Å². The molecule has 3 rings (SSSR count). The fourth-order valence-corrected chi connectivity index (χ4v) is 3.58. The smallest absolute Gasteiger partial charge is 0.182 e. The van der Waals surface area contributed by atoms with Crippen molar-refractivity contribution < 1.29 is 4.74 Å². The lowest BCUT2D eigenvalue weighted by atomic mass is 9.85. The molecule has 6 nitrogen and oxygen atoms in total. The van der Waals surface area contributed by atoms with Crippen molar-refractivity contribution in [2.24, 2.45) is 5.92 Å². The normalized spacial score (nSPS) is 20.7. The maximum Gasteiger partial charge on any atom is 0.182 e. The number of nitrogens with zero attached hydrogens (tertiary/aromatic N) is 4. The molecule has 1 aromatic heterocycles. The number of piperidine rings is 1. The van der Waals surface area contributed by atoms with E-state index < -0.39 is 0 Å². The molecule has 130 valence electrons. The average Bonchev–Trinajstić information content (AvgIpc) is 2.67. The number of hydrogen-bond donors (Lipinski definition) is 1. The maximum atomic E-state index is 9.16. The van der Waals surface area contributed by atoms with Gasteiger partial charge in [-0.15, -0.1) is 0 Å². The van der Waals surface area contributed by atoms with Crippen LogP contribution in [0.25, 0.3) is 0 Å². The molecular weight excluding hydrogens is 314 g/mol. The van der Waals surface area contributed by atoms with E-state index in [1.807, 2.05) is 12.1 Å². The van der Waals surface area contributed by atoms with Crippen LogP contribution in [0, 0.1) is 17.2 Å². The third-order valence-corrected chi connectivity index (χ3v) is 4.80. The first kappa shape index (κ1) is 17.2. The minimum absolute atomic E-state index is 0.328. The van der Waals surface area contributed by atoms with E-state index in [0.29, 0.717) is 23.5 Å². The van der Waals surface area contributed by atoms with Crippen LogP contribution in [-0.4, -0.2) is 42.1 Å². The summed E-state index contributed by atoms with van der Waals surface area (Å²) in [7, 11) is 3.85. The Bertz CT molecular complexity index is 740. The van der Waals surface area contributed by atoms with Crippen LogP contribution in [0.4, 0.5) is 5.82 Å². The quantitative estimate of drug-likeness (QED) is 0.904. The van der Waals surface area contributed by atoms with E-state index in [1.54, 1.807) is 13.3 Å². The number of hydrogen-bond acceptors (Lipinski definition) is 6. The van der Waals surface area contributed by atoms with Crippen molar-refractivity contribution >= 4 is 5.82 Å². The molecule has 1 fully saturated rings. The molecule has 2 unspecified atom stereocenters. The second-order valence-corrected chi connectivity index (χ2v) is 6.35. The van der Waals surface area contributed by atoms with Gasteiger partial charge >= 0.3 is 0 Å². The lowest BCUT2D eigenvalue weighted by molar-refractivity contribution is 0.128. The van der Waals surface area contributed by atoms with Crippen molar-refractivity contribution in [3.63, 3.8) is 0 Å². The summed E-state index contributed by atoms with van der Waals surface area (Å²) in [5.74, 6) is 1.86. The van der Waals surface area contributed by atoms with Crippen LogP contribution >= 0.6 is 0 Å². The van der Waals surface area contributed by atoms with Crippen LogP contribution < -0.4 is 10.1 Å². The van der Waals surface area contributed by atoms with Crippen molar-refractivity contribution in [3.8, 4) is 11.8 Å². The van der Waals surface area contributed by atoms with Crippen molar-refractivity contribution in [3.05, 3.63) is 47.9 Å². The van der Waals surface area contributed by atoms with Crippen LogP contribution in [0.15, 0.2) is 36.7 Å². The van der Waals surface area contributed by atoms with E-state index in [2.05, 4.69) is 45.4 Å². The first-order valence-corrected chi connectivity index (χ1v) is 8.52. The average molecular weight is 337 g/mol. The second-order valence-electron chi connectivity index (χ2n) is 6.35. The van der Waals surface area contributed by atoms with Gasteiger partial charge in [0, 0.05) is 25.0 Å². The first-order chi connectivity index (χ1) is 12.2. The zero-order chi connectivity index (χ0) is 17.6. The summed E-state index contributed by atoms with van der Waals surface area (Å²) in [6.45, 7) is 1.84. The summed E-state index contributed by atoms with van der Waals surface area (Å²) in [6, 6.07) is 10.7. The Hall–Kier alpha value is -2.65. The minimum atomic E-state index is 0.328. The van der Waals surface area contributed by atoms with Gasteiger partial charge in [0.05, 0.1) is 7.11 Å². The van der Waals surface area contributed by atoms with Gasteiger partial charge in [0.2, 0.25) is 0 Å². The lowest BCUT2D eigenvalue weighted by Gasteiger charge is -2.39. The van der Waals surface area contributed by atoms with Gasteiger partial charge in [0.1, 0.15) is 11.8 Å². The predicted molar refractivity (Wildman–Crippen MR) is 96.3 cm³/mol. The number of methoxy groups -OCH3 is 1. The Morgan fingerprint density at radius 3 is 2.76 bits per heavy atom. The molecule has 1 aliphatic heterocycles. The minimum Gasteiger partial charge on any atom is -0.497 e. The third-order valence-electron chi connectivity index (χ3n) is 4.80. The van der Waals surface area contributed by atoms with Gasteiger partial charge < -0.3 is 10.1 Å². The number of anilines is 1. The highest BCUT2D eigenvalue weighted by atomic mass is 16.5. The topological polar surface area (TPSA) is 74.1 Å². The van der Waals surface area contributed by atoms with Crippen LogP contribution in [0.5, 0.6) is 5.75 Å². The number of ether oxygens (including phenoxy) is 1. The number of nitriles is 1. The van der Waals surface area contributed by atoms with Crippen molar-refractivity contribution in [1.82, 2.24) is 14.9 Å². The van der Waals surface area contributed by atoms with Gasteiger partial charge in [0.15, 0.2) is 11.5 Å². The molecule has 0 amide bonds. The number of nitrogens with one attached hydrogen (secondary N) is 1. The Labute approximate surface area is 148 Å². The van der Waals surface area contributed by atoms with Gasteiger partial charge in [-0.1, -0.05) is 12.1 Å². The summed E-state index contributed by atoms with van der Waals surface area (Å²) >= 11 is 0. The molecule has 1 saturated heterocycles. The zero-order valence-electron chi connectivity index (χ0n) is 14.6. The Morgan fingerprint density at radius 2 is 2.04 bits per heavy atom. The highest BCUT2D eigenvalue weighted by Gasteiger charge is 2.30. The standard InChI is InChI=1S/C19H23N5O/c1-24-11-3-4-15(13-23-19-17(12-20)21-9-10-22-19)18(24)14-5-7-16(25-2)8-6-14/h5-10,15,18H,3-4,11,13H2,1-2H3,(H,22,23). The predicted octanol–water partition coefficient (Wildman–Crippen LogP) is 2.85.